The standard InChI is InChI=1S/C34H38OSi/c1-24(2)29-20-17-25(3)23-32(29)35-36(28-13-5-4-6-14-28,33-21-18-26-11-7-9-15-30(26)33)34-22-19-27-12-8-10-16-31(27)34/h4-16,18-19,21-22,24-25,29,32-34H,17,20,23H2,1-3H3/t25-,29+,32-,33?,34?,36?/m1/s1. The molecular weight excluding hydrogens is 452 g/mol. The summed E-state index contributed by atoms with van der Waals surface area (Å²) in [6, 6.07) is 29.3. The Bertz CT molecular complexity index is 1210. The van der Waals surface area contributed by atoms with Crippen LogP contribution in [-0.4, -0.2) is 14.4 Å². The van der Waals surface area contributed by atoms with E-state index in [-0.39, 0.29) is 11.1 Å². The van der Waals surface area contributed by atoms with E-state index < -0.39 is 8.32 Å². The first-order valence-corrected chi connectivity index (χ1v) is 15.9. The number of hydrogen-bond donors (Lipinski definition) is 0. The summed E-state index contributed by atoms with van der Waals surface area (Å²) in [5.74, 6) is 1.95. The predicted octanol–water partition coefficient (Wildman–Crippen LogP) is 8.02. The average molecular weight is 491 g/mol. The summed E-state index contributed by atoms with van der Waals surface area (Å²) in [6.07, 6.45) is 13.7. The summed E-state index contributed by atoms with van der Waals surface area (Å²) in [5.41, 5.74) is 6.15. The Morgan fingerprint density at radius 3 is 1.86 bits per heavy atom. The zero-order chi connectivity index (χ0) is 24.7. The molecule has 0 saturated heterocycles. The predicted molar refractivity (Wildman–Crippen MR) is 154 cm³/mol. The molecule has 3 aliphatic rings. The second-order valence-corrected chi connectivity index (χ2v) is 15.2. The molecule has 0 aromatic heterocycles. The van der Waals surface area contributed by atoms with E-state index in [1.807, 2.05) is 0 Å². The van der Waals surface area contributed by atoms with E-state index in [1.54, 1.807) is 0 Å². The molecule has 184 valence electrons. The highest BCUT2D eigenvalue weighted by molar-refractivity contribution is 6.90. The lowest BCUT2D eigenvalue weighted by Crippen LogP contribution is -2.62. The van der Waals surface area contributed by atoms with Gasteiger partial charge in [0.05, 0.1) is 0 Å². The van der Waals surface area contributed by atoms with Crippen LogP contribution in [0, 0.1) is 17.8 Å². The van der Waals surface area contributed by atoms with Crippen molar-refractivity contribution in [2.24, 2.45) is 17.8 Å². The van der Waals surface area contributed by atoms with Gasteiger partial charge in [0.15, 0.2) is 0 Å². The summed E-state index contributed by atoms with van der Waals surface area (Å²) < 4.78 is 7.93. The van der Waals surface area contributed by atoms with Gasteiger partial charge in [0, 0.05) is 17.2 Å². The molecule has 1 saturated carbocycles. The molecule has 0 amide bonds. The van der Waals surface area contributed by atoms with Crippen LogP contribution < -0.4 is 5.19 Å². The molecular formula is C34H38OSi. The van der Waals surface area contributed by atoms with Crippen molar-refractivity contribution in [1.29, 1.82) is 0 Å². The maximum Gasteiger partial charge on any atom is 0.246 e. The first kappa shape index (κ1) is 23.7. The topological polar surface area (TPSA) is 9.23 Å². The van der Waals surface area contributed by atoms with Gasteiger partial charge in [0.25, 0.3) is 0 Å². The van der Waals surface area contributed by atoms with Crippen molar-refractivity contribution >= 4 is 25.7 Å². The monoisotopic (exact) mass is 490 g/mol. The summed E-state index contributed by atoms with van der Waals surface area (Å²) in [5, 5.41) is 1.42. The molecule has 0 N–H and O–H groups in total. The number of hydrogen-bond acceptors (Lipinski definition) is 1. The molecule has 6 rings (SSSR count). The second kappa shape index (κ2) is 9.65. The van der Waals surface area contributed by atoms with Crippen LogP contribution in [0.2, 0.25) is 0 Å². The maximum absolute atomic E-state index is 7.93. The Morgan fingerprint density at radius 2 is 1.28 bits per heavy atom. The van der Waals surface area contributed by atoms with Crippen molar-refractivity contribution in [1.82, 2.24) is 0 Å². The van der Waals surface area contributed by atoms with Crippen molar-refractivity contribution in [3.63, 3.8) is 0 Å². The van der Waals surface area contributed by atoms with Gasteiger partial charge in [-0.25, -0.2) is 0 Å². The van der Waals surface area contributed by atoms with Gasteiger partial charge in [0.1, 0.15) is 0 Å². The van der Waals surface area contributed by atoms with Crippen molar-refractivity contribution < 1.29 is 4.43 Å². The van der Waals surface area contributed by atoms with Crippen molar-refractivity contribution in [2.45, 2.75) is 57.2 Å². The van der Waals surface area contributed by atoms with E-state index in [1.165, 1.54) is 46.7 Å². The van der Waals surface area contributed by atoms with Crippen LogP contribution in [-0.2, 0) is 4.43 Å². The van der Waals surface area contributed by atoms with Gasteiger partial charge >= 0.3 is 0 Å². The SMILES string of the molecule is CC(C)[C@@H]1CC[C@@H](C)C[C@H]1O[Si](c1ccccc1)(C1C=Cc2ccccc21)C1C=Cc2ccccc21. The molecule has 0 aliphatic heterocycles. The summed E-state index contributed by atoms with van der Waals surface area (Å²) in [4.78, 5) is 0. The Hall–Kier alpha value is -2.68. The third-order valence-corrected chi connectivity index (χ3v) is 13.8. The first-order chi connectivity index (χ1) is 17.6. The minimum Gasteiger partial charge on any atom is -0.407 e. The summed E-state index contributed by atoms with van der Waals surface area (Å²) >= 11 is 0. The zero-order valence-corrected chi connectivity index (χ0v) is 22.8. The normalized spacial score (nSPS) is 28.2. The highest BCUT2D eigenvalue weighted by Gasteiger charge is 2.55. The van der Waals surface area contributed by atoms with Crippen LogP contribution in [0.3, 0.4) is 0 Å². The lowest BCUT2D eigenvalue weighted by molar-refractivity contribution is 0.0376. The third kappa shape index (κ3) is 3.95. The molecule has 3 aromatic rings. The van der Waals surface area contributed by atoms with Crippen molar-refractivity contribution in [3.8, 4) is 0 Å². The summed E-state index contributed by atoms with van der Waals surface area (Å²) in [6.45, 7) is 7.23. The van der Waals surface area contributed by atoms with Crippen LogP contribution in [0.5, 0.6) is 0 Å². The Balaban J connectivity index is 1.58. The van der Waals surface area contributed by atoms with Gasteiger partial charge in [-0.1, -0.05) is 130 Å². The molecule has 1 nitrogen and oxygen atoms in total. The van der Waals surface area contributed by atoms with Crippen LogP contribution in [0.4, 0.5) is 0 Å². The van der Waals surface area contributed by atoms with E-state index in [9.17, 15) is 0 Å². The Morgan fingerprint density at radius 1 is 0.722 bits per heavy atom. The molecule has 2 unspecified atom stereocenters. The molecule has 3 aliphatic carbocycles. The first-order valence-electron chi connectivity index (χ1n) is 13.9. The molecule has 1 fully saturated rings. The van der Waals surface area contributed by atoms with Gasteiger partial charge in [-0.05, 0) is 58.0 Å². The molecule has 5 atom stereocenters. The van der Waals surface area contributed by atoms with Gasteiger partial charge in [-0.2, -0.15) is 0 Å². The lowest BCUT2D eigenvalue weighted by atomic mass is 9.75. The highest BCUT2D eigenvalue weighted by atomic mass is 28.4. The molecule has 0 heterocycles. The van der Waals surface area contributed by atoms with Gasteiger partial charge < -0.3 is 4.43 Å². The van der Waals surface area contributed by atoms with E-state index in [0.29, 0.717) is 23.9 Å². The Labute approximate surface area is 218 Å². The van der Waals surface area contributed by atoms with Crippen LogP contribution in [0.15, 0.2) is 91.0 Å². The molecule has 0 radical (unpaired) electrons. The number of fused-ring (bicyclic) bond motifs is 2. The van der Waals surface area contributed by atoms with Crippen molar-refractivity contribution in [2.75, 3.05) is 0 Å². The van der Waals surface area contributed by atoms with Crippen LogP contribution in [0.1, 0.15) is 73.4 Å². The fourth-order valence-electron chi connectivity index (χ4n) is 7.21. The maximum atomic E-state index is 7.93. The van der Waals surface area contributed by atoms with E-state index >= 15 is 0 Å². The number of rotatable bonds is 6. The average Bonchev–Trinajstić information content (AvgIpc) is 3.53. The Kier molecular flexibility index (Phi) is 6.35. The largest absolute Gasteiger partial charge is 0.407 e. The summed E-state index contributed by atoms with van der Waals surface area (Å²) in [7, 11) is -2.69. The number of benzene rings is 3. The van der Waals surface area contributed by atoms with E-state index in [4.69, 9.17) is 4.43 Å². The fraction of sp³-hybridized carbons (Fsp3) is 0.353. The number of allylic oxidation sites excluding steroid dienone is 2. The van der Waals surface area contributed by atoms with Gasteiger partial charge in [-0.15, -0.1) is 0 Å². The fourth-order valence-corrected chi connectivity index (χ4v) is 12.4. The third-order valence-electron chi connectivity index (χ3n) is 9.06. The molecule has 36 heavy (non-hydrogen) atoms. The van der Waals surface area contributed by atoms with Gasteiger partial charge in [0.2, 0.25) is 8.32 Å². The minimum atomic E-state index is -2.69. The van der Waals surface area contributed by atoms with Crippen LogP contribution in [0.25, 0.3) is 12.2 Å². The second-order valence-electron chi connectivity index (χ2n) is 11.6. The highest BCUT2D eigenvalue weighted by Crippen LogP contribution is 2.50. The van der Waals surface area contributed by atoms with Crippen LogP contribution >= 0.6 is 0 Å². The zero-order valence-electron chi connectivity index (χ0n) is 21.8. The van der Waals surface area contributed by atoms with Gasteiger partial charge in [-0.3, -0.25) is 0 Å². The minimum absolute atomic E-state index is 0.280. The molecule has 2 heteroatoms. The quantitative estimate of drug-likeness (QED) is 0.318. The van der Waals surface area contributed by atoms with E-state index in [2.05, 4.69) is 124 Å². The van der Waals surface area contributed by atoms with E-state index in [0.717, 1.165) is 0 Å². The molecule has 3 aromatic carbocycles. The smallest absolute Gasteiger partial charge is 0.246 e. The molecule has 0 spiro atoms. The molecule has 0 bridgehead atoms. The lowest BCUT2D eigenvalue weighted by Gasteiger charge is -2.48. The van der Waals surface area contributed by atoms with Crippen molar-refractivity contribution in [3.05, 3.63) is 113 Å².